The summed E-state index contributed by atoms with van der Waals surface area (Å²) < 4.78 is 1.91. The molecule has 2 amide bonds. The molecule has 1 fully saturated rings. The van der Waals surface area contributed by atoms with Gasteiger partial charge in [0.15, 0.2) is 0 Å². The Morgan fingerprint density at radius 3 is 2.62 bits per heavy atom. The van der Waals surface area contributed by atoms with E-state index in [9.17, 15) is 9.59 Å². The third-order valence-corrected chi connectivity index (χ3v) is 4.95. The number of hydrogen-bond acceptors (Lipinski definition) is 4. The van der Waals surface area contributed by atoms with Gasteiger partial charge in [0.05, 0.1) is 5.69 Å². The molecule has 0 radical (unpaired) electrons. The van der Waals surface area contributed by atoms with Gasteiger partial charge in [-0.05, 0) is 38.8 Å². The van der Waals surface area contributed by atoms with Crippen LogP contribution in [0.2, 0.25) is 0 Å². The summed E-state index contributed by atoms with van der Waals surface area (Å²) in [6.07, 6.45) is 3.00. The Hall–Kier alpha value is -2.70. The van der Waals surface area contributed by atoms with Gasteiger partial charge >= 0.3 is 0 Å². The fraction of sp³-hybridized carbons (Fsp3) is 0.412. The van der Waals surface area contributed by atoms with Gasteiger partial charge in [-0.2, -0.15) is 0 Å². The molecule has 0 saturated carbocycles. The average molecular weight is 325 g/mol. The number of pyridine rings is 1. The maximum absolute atomic E-state index is 12.9. The largest absolute Gasteiger partial charge is 0.337 e. The molecular formula is C17H19N5O2. The van der Waals surface area contributed by atoms with Crippen LogP contribution in [0, 0.1) is 6.92 Å². The van der Waals surface area contributed by atoms with Crippen molar-refractivity contribution < 1.29 is 9.59 Å². The number of rotatable bonds is 1. The minimum Gasteiger partial charge on any atom is -0.337 e. The summed E-state index contributed by atoms with van der Waals surface area (Å²) in [5, 5.41) is 2.77. The van der Waals surface area contributed by atoms with Crippen LogP contribution in [0.15, 0.2) is 29.4 Å². The lowest BCUT2D eigenvalue weighted by atomic mass is 9.88. The Morgan fingerprint density at radius 2 is 2.00 bits per heavy atom. The SMILES string of the molecule is CC1=NC2(CCN(C(=O)c3nc4ccccn4c3C)CC2)C(=O)N1. The summed E-state index contributed by atoms with van der Waals surface area (Å²) in [5.41, 5.74) is 1.40. The number of aryl methyl sites for hydroxylation is 1. The average Bonchev–Trinajstić information content (AvgIpc) is 3.05. The Morgan fingerprint density at radius 1 is 1.25 bits per heavy atom. The van der Waals surface area contributed by atoms with Gasteiger partial charge in [0.25, 0.3) is 11.8 Å². The normalized spacial score (nSPS) is 19.7. The minimum atomic E-state index is -0.686. The maximum Gasteiger partial charge on any atom is 0.274 e. The van der Waals surface area contributed by atoms with Gasteiger partial charge in [0.1, 0.15) is 22.7 Å². The topological polar surface area (TPSA) is 79.1 Å². The number of fused-ring (bicyclic) bond motifs is 1. The van der Waals surface area contributed by atoms with Crippen LogP contribution in [-0.4, -0.2) is 50.6 Å². The van der Waals surface area contributed by atoms with Crippen molar-refractivity contribution in [3.05, 3.63) is 35.8 Å². The molecule has 1 saturated heterocycles. The van der Waals surface area contributed by atoms with E-state index in [1.165, 1.54) is 0 Å². The fourth-order valence-corrected chi connectivity index (χ4v) is 3.57. The Bertz CT molecular complexity index is 874. The molecule has 4 heterocycles. The van der Waals surface area contributed by atoms with Crippen LogP contribution in [0.25, 0.3) is 5.65 Å². The van der Waals surface area contributed by atoms with Crippen molar-refractivity contribution in [1.82, 2.24) is 19.6 Å². The van der Waals surface area contributed by atoms with Crippen molar-refractivity contribution in [2.75, 3.05) is 13.1 Å². The standard InChI is InChI=1S/C17H19N5O2/c1-11-14(19-13-5-3-4-8-22(11)13)15(23)21-9-6-17(7-10-21)16(24)18-12(2)20-17/h3-5,8H,6-7,9-10H2,1-2H3,(H,18,20,24). The predicted molar refractivity (Wildman–Crippen MR) is 89.0 cm³/mol. The van der Waals surface area contributed by atoms with E-state index in [0.29, 0.717) is 37.5 Å². The second kappa shape index (κ2) is 5.15. The highest BCUT2D eigenvalue weighted by atomic mass is 16.2. The predicted octanol–water partition coefficient (Wildman–Crippen LogP) is 1.17. The first kappa shape index (κ1) is 14.9. The van der Waals surface area contributed by atoms with E-state index in [-0.39, 0.29) is 11.8 Å². The van der Waals surface area contributed by atoms with E-state index >= 15 is 0 Å². The van der Waals surface area contributed by atoms with Crippen LogP contribution in [0.3, 0.4) is 0 Å². The van der Waals surface area contributed by atoms with Gasteiger partial charge < -0.3 is 14.6 Å². The monoisotopic (exact) mass is 325 g/mol. The van der Waals surface area contributed by atoms with E-state index in [1.54, 1.807) is 11.8 Å². The molecule has 7 nitrogen and oxygen atoms in total. The Labute approximate surface area is 139 Å². The number of likely N-dealkylation sites (tertiary alicyclic amines) is 1. The molecule has 2 aliphatic heterocycles. The third kappa shape index (κ3) is 2.11. The first-order valence-electron chi connectivity index (χ1n) is 8.11. The highest BCUT2D eigenvalue weighted by Gasteiger charge is 2.45. The minimum absolute atomic E-state index is 0.0454. The number of aliphatic imine (C=N–C) groups is 1. The third-order valence-electron chi connectivity index (χ3n) is 4.95. The number of aromatic nitrogens is 2. The van der Waals surface area contributed by atoms with Gasteiger partial charge in [0, 0.05) is 19.3 Å². The number of amidine groups is 1. The maximum atomic E-state index is 12.9. The molecule has 1 N–H and O–H groups in total. The van der Waals surface area contributed by atoms with Crippen molar-refractivity contribution in [2.45, 2.75) is 32.2 Å². The van der Waals surface area contributed by atoms with Crippen LogP contribution in [0.1, 0.15) is 35.9 Å². The molecule has 2 aromatic rings. The molecule has 4 rings (SSSR count). The quantitative estimate of drug-likeness (QED) is 0.855. The summed E-state index contributed by atoms with van der Waals surface area (Å²) >= 11 is 0. The molecular weight excluding hydrogens is 306 g/mol. The summed E-state index contributed by atoms with van der Waals surface area (Å²) in [6.45, 7) is 4.72. The summed E-state index contributed by atoms with van der Waals surface area (Å²) in [4.78, 5) is 35.7. The van der Waals surface area contributed by atoms with Crippen molar-refractivity contribution in [3.63, 3.8) is 0 Å². The molecule has 0 aliphatic carbocycles. The van der Waals surface area contributed by atoms with E-state index < -0.39 is 5.54 Å². The second-order valence-electron chi connectivity index (χ2n) is 6.45. The Balaban J connectivity index is 1.56. The number of carbonyl (C=O) groups is 2. The lowest BCUT2D eigenvalue weighted by Gasteiger charge is -2.35. The molecule has 24 heavy (non-hydrogen) atoms. The van der Waals surface area contributed by atoms with Gasteiger partial charge in [-0.3, -0.25) is 14.6 Å². The molecule has 2 aromatic heterocycles. The molecule has 7 heteroatoms. The van der Waals surface area contributed by atoms with Gasteiger partial charge in [0.2, 0.25) is 0 Å². The van der Waals surface area contributed by atoms with E-state index in [1.807, 2.05) is 35.7 Å². The zero-order chi connectivity index (χ0) is 16.9. The molecule has 0 aromatic carbocycles. The molecule has 124 valence electrons. The molecule has 2 aliphatic rings. The van der Waals surface area contributed by atoms with Crippen LogP contribution >= 0.6 is 0 Å². The fourth-order valence-electron chi connectivity index (χ4n) is 3.57. The number of nitrogens with zero attached hydrogens (tertiary/aromatic N) is 4. The lowest BCUT2D eigenvalue weighted by Crippen LogP contribution is -2.50. The van der Waals surface area contributed by atoms with Crippen molar-refractivity contribution in [3.8, 4) is 0 Å². The Kier molecular flexibility index (Phi) is 3.19. The van der Waals surface area contributed by atoms with Gasteiger partial charge in [-0.1, -0.05) is 6.07 Å². The lowest BCUT2D eigenvalue weighted by molar-refractivity contribution is -0.125. The number of imidazole rings is 1. The number of carbonyl (C=O) groups excluding carboxylic acids is 2. The van der Waals surface area contributed by atoms with Gasteiger partial charge in [-0.15, -0.1) is 0 Å². The van der Waals surface area contributed by atoms with Gasteiger partial charge in [-0.25, -0.2) is 4.98 Å². The highest BCUT2D eigenvalue weighted by molar-refractivity contribution is 6.07. The van der Waals surface area contributed by atoms with E-state index in [0.717, 1.165) is 11.3 Å². The molecule has 0 bridgehead atoms. The van der Waals surface area contributed by atoms with Crippen LogP contribution < -0.4 is 5.32 Å². The zero-order valence-electron chi connectivity index (χ0n) is 13.7. The smallest absolute Gasteiger partial charge is 0.274 e. The van der Waals surface area contributed by atoms with E-state index in [2.05, 4.69) is 15.3 Å². The number of hydrogen-bond donors (Lipinski definition) is 1. The van der Waals surface area contributed by atoms with Crippen LogP contribution in [0.4, 0.5) is 0 Å². The van der Waals surface area contributed by atoms with Crippen LogP contribution in [-0.2, 0) is 4.79 Å². The van der Waals surface area contributed by atoms with Crippen LogP contribution in [0.5, 0.6) is 0 Å². The first-order chi connectivity index (χ1) is 11.5. The number of nitrogens with one attached hydrogen (secondary N) is 1. The van der Waals surface area contributed by atoms with Crippen molar-refractivity contribution in [2.24, 2.45) is 4.99 Å². The second-order valence-corrected chi connectivity index (χ2v) is 6.45. The summed E-state index contributed by atoms with van der Waals surface area (Å²) in [7, 11) is 0. The zero-order valence-corrected chi connectivity index (χ0v) is 13.7. The first-order valence-corrected chi connectivity index (χ1v) is 8.11. The number of amides is 2. The summed E-state index contributed by atoms with van der Waals surface area (Å²) in [5.74, 6) is 0.539. The van der Waals surface area contributed by atoms with Crippen molar-refractivity contribution >= 4 is 23.3 Å². The van der Waals surface area contributed by atoms with Crippen molar-refractivity contribution in [1.29, 1.82) is 0 Å². The highest BCUT2D eigenvalue weighted by Crippen LogP contribution is 2.30. The van der Waals surface area contributed by atoms with E-state index in [4.69, 9.17) is 0 Å². The molecule has 1 spiro atoms. The molecule has 0 unspecified atom stereocenters. The summed E-state index contributed by atoms with van der Waals surface area (Å²) in [6, 6.07) is 5.70. The molecule has 0 atom stereocenters. The number of piperidine rings is 1.